The molecular formula is C16H16ClNOS. The van der Waals surface area contributed by atoms with E-state index in [1.54, 1.807) is 11.8 Å². The van der Waals surface area contributed by atoms with Crippen molar-refractivity contribution in [1.82, 2.24) is 0 Å². The van der Waals surface area contributed by atoms with Crippen LogP contribution < -0.4 is 10.5 Å². The number of rotatable bonds is 3. The molecule has 2 aromatic rings. The Bertz CT molecular complexity index is 657. The summed E-state index contributed by atoms with van der Waals surface area (Å²) in [6.45, 7) is 2.84. The van der Waals surface area contributed by atoms with Crippen molar-refractivity contribution in [3.05, 3.63) is 52.0 Å². The fourth-order valence-corrected chi connectivity index (χ4v) is 3.68. The van der Waals surface area contributed by atoms with E-state index in [0.29, 0.717) is 0 Å². The number of thioether (sulfide) groups is 1. The molecule has 0 radical (unpaired) electrons. The number of nitrogen functional groups attached to an aromatic ring is 1. The first-order valence-corrected chi connectivity index (χ1v) is 7.93. The normalized spacial score (nSPS) is 13.1. The van der Waals surface area contributed by atoms with Crippen molar-refractivity contribution in [1.29, 1.82) is 0 Å². The lowest BCUT2D eigenvalue weighted by Crippen LogP contribution is -1.92. The zero-order valence-corrected chi connectivity index (χ0v) is 12.9. The van der Waals surface area contributed by atoms with Crippen LogP contribution >= 0.6 is 23.4 Å². The maximum Gasteiger partial charge on any atom is 0.126 e. The molecule has 0 bridgehead atoms. The highest BCUT2D eigenvalue weighted by Gasteiger charge is 2.17. The Labute approximate surface area is 128 Å². The fraction of sp³-hybridized carbons (Fsp3) is 0.250. The highest BCUT2D eigenvalue weighted by atomic mass is 35.5. The van der Waals surface area contributed by atoms with Gasteiger partial charge in [0.2, 0.25) is 0 Å². The Hall–Kier alpha value is -1.32. The van der Waals surface area contributed by atoms with E-state index in [4.69, 9.17) is 22.1 Å². The van der Waals surface area contributed by atoms with Gasteiger partial charge in [0.15, 0.2) is 0 Å². The molecule has 1 aliphatic rings. The lowest BCUT2D eigenvalue weighted by molar-refractivity contribution is 0.354. The number of anilines is 1. The summed E-state index contributed by atoms with van der Waals surface area (Å²) in [7, 11) is 0. The van der Waals surface area contributed by atoms with Gasteiger partial charge in [0.05, 0.1) is 6.61 Å². The van der Waals surface area contributed by atoms with Gasteiger partial charge in [-0.15, -0.1) is 11.8 Å². The van der Waals surface area contributed by atoms with E-state index >= 15 is 0 Å². The van der Waals surface area contributed by atoms with Gasteiger partial charge in [-0.3, -0.25) is 0 Å². The summed E-state index contributed by atoms with van der Waals surface area (Å²) >= 11 is 7.97. The first-order chi connectivity index (χ1) is 9.63. The van der Waals surface area contributed by atoms with E-state index in [0.717, 1.165) is 35.2 Å². The van der Waals surface area contributed by atoms with Gasteiger partial charge in [0.1, 0.15) is 5.75 Å². The molecule has 0 saturated carbocycles. The third-order valence-electron chi connectivity index (χ3n) is 3.41. The van der Waals surface area contributed by atoms with Crippen LogP contribution in [-0.4, -0.2) is 6.61 Å². The van der Waals surface area contributed by atoms with Crippen LogP contribution in [0.3, 0.4) is 0 Å². The average molecular weight is 306 g/mol. The van der Waals surface area contributed by atoms with E-state index in [9.17, 15) is 0 Å². The zero-order valence-electron chi connectivity index (χ0n) is 11.3. The Morgan fingerprint density at radius 3 is 2.95 bits per heavy atom. The predicted molar refractivity (Wildman–Crippen MR) is 85.8 cm³/mol. The average Bonchev–Trinajstić information content (AvgIpc) is 2.85. The van der Waals surface area contributed by atoms with Crippen molar-refractivity contribution in [3.63, 3.8) is 0 Å². The van der Waals surface area contributed by atoms with Gasteiger partial charge in [-0.05, 0) is 48.4 Å². The minimum absolute atomic E-state index is 0.758. The predicted octanol–water partition coefficient (Wildman–Crippen LogP) is 4.46. The summed E-state index contributed by atoms with van der Waals surface area (Å²) < 4.78 is 5.73. The number of benzene rings is 2. The molecule has 0 fully saturated rings. The maximum absolute atomic E-state index is 6.18. The van der Waals surface area contributed by atoms with E-state index in [2.05, 4.69) is 13.0 Å². The van der Waals surface area contributed by atoms with E-state index in [1.165, 1.54) is 21.6 Å². The summed E-state index contributed by atoms with van der Waals surface area (Å²) in [5, 5.41) is 0.791. The van der Waals surface area contributed by atoms with Gasteiger partial charge in [-0.1, -0.05) is 11.6 Å². The number of halogens is 1. The molecule has 2 nitrogen and oxygen atoms in total. The second kappa shape index (κ2) is 5.58. The lowest BCUT2D eigenvalue weighted by Gasteiger charge is -2.10. The number of fused-ring (bicyclic) bond motifs is 1. The van der Waals surface area contributed by atoms with Crippen LogP contribution in [0.2, 0.25) is 5.02 Å². The number of aryl methyl sites for hydroxylation is 1. The third kappa shape index (κ3) is 2.74. The quantitative estimate of drug-likeness (QED) is 0.672. The lowest BCUT2D eigenvalue weighted by atomic mass is 10.1. The minimum atomic E-state index is 0.758. The zero-order chi connectivity index (χ0) is 14.1. The van der Waals surface area contributed by atoms with Crippen molar-refractivity contribution in [2.24, 2.45) is 0 Å². The van der Waals surface area contributed by atoms with Crippen LogP contribution in [0.25, 0.3) is 0 Å². The molecule has 104 valence electrons. The molecule has 2 N–H and O–H groups in total. The van der Waals surface area contributed by atoms with Gasteiger partial charge in [0, 0.05) is 33.3 Å². The van der Waals surface area contributed by atoms with Crippen LogP contribution in [0.5, 0.6) is 5.75 Å². The molecule has 20 heavy (non-hydrogen) atoms. The van der Waals surface area contributed by atoms with Crippen LogP contribution in [0.1, 0.15) is 16.7 Å². The van der Waals surface area contributed by atoms with Crippen LogP contribution in [-0.2, 0) is 12.2 Å². The van der Waals surface area contributed by atoms with Crippen molar-refractivity contribution >= 4 is 29.1 Å². The fourth-order valence-electron chi connectivity index (χ4n) is 2.44. The number of ether oxygens (including phenoxy) is 1. The highest BCUT2D eigenvalue weighted by Crippen LogP contribution is 2.37. The topological polar surface area (TPSA) is 35.2 Å². The van der Waals surface area contributed by atoms with Gasteiger partial charge in [0.25, 0.3) is 0 Å². The third-order valence-corrected chi connectivity index (χ3v) is 4.85. The molecule has 0 atom stereocenters. The SMILES string of the molecule is Cc1cc(N)ccc1SCc1cc(Cl)cc2c1OCC2. The number of hydrogen-bond acceptors (Lipinski definition) is 3. The first-order valence-electron chi connectivity index (χ1n) is 6.56. The minimum Gasteiger partial charge on any atom is -0.493 e. The van der Waals surface area contributed by atoms with Gasteiger partial charge >= 0.3 is 0 Å². The molecule has 0 saturated heterocycles. The largest absolute Gasteiger partial charge is 0.493 e. The molecule has 1 aliphatic heterocycles. The summed E-state index contributed by atoms with van der Waals surface area (Å²) in [5.74, 6) is 1.88. The summed E-state index contributed by atoms with van der Waals surface area (Å²) in [4.78, 5) is 1.24. The molecule has 0 aromatic heterocycles. The molecule has 0 unspecified atom stereocenters. The standard InChI is InChI=1S/C16H16ClNOS/c1-10-6-14(18)2-3-15(10)20-9-12-8-13(17)7-11-4-5-19-16(11)12/h2-3,6-8H,4-5,9,18H2,1H3. The summed E-state index contributed by atoms with van der Waals surface area (Å²) in [6, 6.07) is 10.0. The van der Waals surface area contributed by atoms with Gasteiger partial charge in [-0.25, -0.2) is 0 Å². The van der Waals surface area contributed by atoms with Crippen LogP contribution in [0.15, 0.2) is 35.2 Å². The first kappa shape index (κ1) is 13.7. The van der Waals surface area contributed by atoms with Crippen molar-refractivity contribution < 1.29 is 4.74 Å². The van der Waals surface area contributed by atoms with Crippen molar-refractivity contribution in [3.8, 4) is 5.75 Å². The monoisotopic (exact) mass is 305 g/mol. The maximum atomic E-state index is 6.18. The molecule has 0 aliphatic carbocycles. The van der Waals surface area contributed by atoms with Crippen molar-refractivity contribution in [2.75, 3.05) is 12.3 Å². The highest BCUT2D eigenvalue weighted by molar-refractivity contribution is 7.98. The number of nitrogens with two attached hydrogens (primary N) is 1. The van der Waals surface area contributed by atoms with E-state index in [-0.39, 0.29) is 0 Å². The van der Waals surface area contributed by atoms with E-state index in [1.807, 2.05) is 24.3 Å². The van der Waals surface area contributed by atoms with Crippen LogP contribution in [0, 0.1) is 6.92 Å². The summed E-state index contributed by atoms with van der Waals surface area (Å²) in [5.41, 5.74) is 10.2. The summed E-state index contributed by atoms with van der Waals surface area (Å²) in [6.07, 6.45) is 0.953. The molecule has 1 heterocycles. The number of hydrogen-bond donors (Lipinski definition) is 1. The molecule has 2 aromatic carbocycles. The molecule has 4 heteroatoms. The molecular weight excluding hydrogens is 290 g/mol. The Morgan fingerprint density at radius 2 is 2.15 bits per heavy atom. The second-order valence-corrected chi connectivity index (χ2v) is 6.42. The molecule has 3 rings (SSSR count). The smallest absolute Gasteiger partial charge is 0.126 e. The van der Waals surface area contributed by atoms with Gasteiger partial charge in [-0.2, -0.15) is 0 Å². The Morgan fingerprint density at radius 1 is 1.30 bits per heavy atom. The second-order valence-electron chi connectivity index (χ2n) is 4.97. The van der Waals surface area contributed by atoms with Gasteiger partial charge < -0.3 is 10.5 Å². The Balaban J connectivity index is 1.82. The molecule has 0 spiro atoms. The van der Waals surface area contributed by atoms with E-state index < -0.39 is 0 Å². The van der Waals surface area contributed by atoms with Crippen LogP contribution in [0.4, 0.5) is 5.69 Å². The Kier molecular flexibility index (Phi) is 3.81. The molecule has 0 amide bonds. The van der Waals surface area contributed by atoms with Crippen molar-refractivity contribution in [2.45, 2.75) is 24.0 Å².